The van der Waals surface area contributed by atoms with E-state index in [0.717, 1.165) is 10.4 Å². The number of carbonyl (C=O) groups is 1. The van der Waals surface area contributed by atoms with Crippen molar-refractivity contribution >= 4 is 28.8 Å². The molecule has 0 bridgehead atoms. The second kappa shape index (κ2) is 6.77. The van der Waals surface area contributed by atoms with Gasteiger partial charge in [0.2, 0.25) is 0 Å². The molecule has 1 aromatic heterocycles. The van der Waals surface area contributed by atoms with E-state index in [9.17, 15) is 4.79 Å². The van der Waals surface area contributed by atoms with Gasteiger partial charge in [-0.3, -0.25) is 4.79 Å². The highest BCUT2D eigenvalue weighted by Crippen LogP contribution is 2.26. The molecule has 1 amide bonds. The Labute approximate surface area is 138 Å². The molecule has 22 heavy (non-hydrogen) atoms. The SMILES string of the molecule is O=C(N[C@H](c1ccccc1)c1cccs1)c1ccc(Cl)cc1. The van der Waals surface area contributed by atoms with Crippen molar-refractivity contribution in [3.05, 3.63) is 93.1 Å². The van der Waals surface area contributed by atoms with Crippen LogP contribution in [0.3, 0.4) is 0 Å². The lowest BCUT2D eigenvalue weighted by Crippen LogP contribution is -2.28. The first-order chi connectivity index (χ1) is 10.7. The Balaban J connectivity index is 1.87. The van der Waals surface area contributed by atoms with Gasteiger partial charge in [-0.05, 0) is 41.3 Å². The molecule has 3 aromatic rings. The van der Waals surface area contributed by atoms with Crippen molar-refractivity contribution in [2.24, 2.45) is 0 Å². The minimum atomic E-state index is -0.149. The molecule has 1 N–H and O–H groups in total. The second-order valence-corrected chi connectivity index (χ2v) is 6.26. The zero-order valence-corrected chi connectivity index (χ0v) is 13.3. The van der Waals surface area contributed by atoms with E-state index in [2.05, 4.69) is 5.32 Å². The summed E-state index contributed by atoms with van der Waals surface area (Å²) in [5, 5.41) is 5.73. The van der Waals surface area contributed by atoms with Crippen molar-refractivity contribution in [1.29, 1.82) is 0 Å². The van der Waals surface area contributed by atoms with Crippen LogP contribution in [0.2, 0.25) is 5.02 Å². The Bertz CT molecular complexity index is 739. The Morgan fingerprint density at radius 3 is 2.32 bits per heavy atom. The third-order valence-corrected chi connectivity index (χ3v) is 4.53. The molecular formula is C18H14ClNOS. The minimum absolute atomic E-state index is 0.112. The van der Waals surface area contributed by atoms with Gasteiger partial charge in [0, 0.05) is 15.5 Å². The number of amides is 1. The number of hydrogen-bond acceptors (Lipinski definition) is 2. The van der Waals surface area contributed by atoms with Crippen molar-refractivity contribution in [3.63, 3.8) is 0 Å². The lowest BCUT2D eigenvalue weighted by atomic mass is 10.0. The van der Waals surface area contributed by atoms with Gasteiger partial charge >= 0.3 is 0 Å². The van der Waals surface area contributed by atoms with E-state index in [1.165, 1.54) is 0 Å². The summed E-state index contributed by atoms with van der Waals surface area (Å²) in [5.74, 6) is -0.112. The fraction of sp³-hybridized carbons (Fsp3) is 0.0556. The zero-order valence-electron chi connectivity index (χ0n) is 11.7. The molecule has 1 atom stereocenters. The quantitative estimate of drug-likeness (QED) is 0.724. The molecule has 0 unspecified atom stereocenters. The van der Waals surface area contributed by atoms with Crippen LogP contribution in [-0.2, 0) is 0 Å². The van der Waals surface area contributed by atoms with Gasteiger partial charge in [-0.1, -0.05) is 48.0 Å². The highest BCUT2D eigenvalue weighted by atomic mass is 35.5. The van der Waals surface area contributed by atoms with E-state index in [-0.39, 0.29) is 11.9 Å². The molecule has 110 valence electrons. The molecule has 1 heterocycles. The lowest BCUT2D eigenvalue weighted by Gasteiger charge is -2.18. The van der Waals surface area contributed by atoms with Crippen LogP contribution in [0, 0.1) is 0 Å². The highest BCUT2D eigenvalue weighted by molar-refractivity contribution is 7.10. The largest absolute Gasteiger partial charge is 0.340 e. The molecule has 0 saturated carbocycles. The van der Waals surface area contributed by atoms with Crippen molar-refractivity contribution in [2.45, 2.75) is 6.04 Å². The molecular weight excluding hydrogens is 314 g/mol. The zero-order chi connectivity index (χ0) is 15.4. The number of thiophene rings is 1. The minimum Gasteiger partial charge on any atom is -0.340 e. The summed E-state index contributed by atoms with van der Waals surface area (Å²) in [6.07, 6.45) is 0. The maximum atomic E-state index is 12.5. The van der Waals surface area contributed by atoms with Crippen molar-refractivity contribution in [3.8, 4) is 0 Å². The Hall–Kier alpha value is -2.10. The molecule has 0 aliphatic carbocycles. The molecule has 2 aromatic carbocycles. The van der Waals surface area contributed by atoms with Crippen LogP contribution in [0.25, 0.3) is 0 Å². The molecule has 0 saturated heterocycles. The average Bonchev–Trinajstić information content (AvgIpc) is 3.08. The predicted octanol–water partition coefficient (Wildman–Crippen LogP) is 4.92. The molecule has 0 fully saturated rings. The van der Waals surface area contributed by atoms with E-state index < -0.39 is 0 Å². The summed E-state index contributed by atoms with van der Waals surface area (Å²) in [6, 6.07) is 20.7. The van der Waals surface area contributed by atoms with E-state index in [1.54, 1.807) is 35.6 Å². The van der Waals surface area contributed by atoms with E-state index in [1.807, 2.05) is 47.8 Å². The van der Waals surface area contributed by atoms with Crippen molar-refractivity contribution < 1.29 is 4.79 Å². The topological polar surface area (TPSA) is 29.1 Å². The molecule has 0 radical (unpaired) electrons. The third kappa shape index (κ3) is 3.38. The van der Waals surface area contributed by atoms with Gasteiger partial charge in [0.1, 0.15) is 0 Å². The predicted molar refractivity (Wildman–Crippen MR) is 91.5 cm³/mol. The number of nitrogens with one attached hydrogen (secondary N) is 1. The number of halogens is 1. The van der Waals surface area contributed by atoms with Crippen molar-refractivity contribution in [2.75, 3.05) is 0 Å². The first-order valence-electron chi connectivity index (χ1n) is 6.89. The average molecular weight is 328 g/mol. The van der Waals surface area contributed by atoms with Gasteiger partial charge in [-0.15, -0.1) is 11.3 Å². The third-order valence-electron chi connectivity index (χ3n) is 3.34. The van der Waals surface area contributed by atoms with Crippen LogP contribution >= 0.6 is 22.9 Å². The smallest absolute Gasteiger partial charge is 0.252 e. The first kappa shape index (κ1) is 14.8. The maximum absolute atomic E-state index is 12.5. The monoisotopic (exact) mass is 327 g/mol. The van der Waals surface area contributed by atoms with Gasteiger partial charge in [-0.25, -0.2) is 0 Å². The molecule has 0 aliphatic rings. The van der Waals surface area contributed by atoms with Crippen LogP contribution in [0.15, 0.2) is 72.1 Å². The number of rotatable bonds is 4. The standard InChI is InChI=1S/C18H14ClNOS/c19-15-10-8-14(9-11-15)18(21)20-17(16-7-4-12-22-16)13-5-2-1-3-6-13/h1-12,17H,(H,20,21)/t17-/m1/s1. The summed E-state index contributed by atoms with van der Waals surface area (Å²) >= 11 is 7.50. The van der Waals surface area contributed by atoms with Crippen molar-refractivity contribution in [1.82, 2.24) is 5.32 Å². The molecule has 3 rings (SSSR count). The van der Waals surface area contributed by atoms with Crippen LogP contribution in [0.1, 0.15) is 26.8 Å². The van der Waals surface area contributed by atoms with Gasteiger partial charge in [0.05, 0.1) is 6.04 Å². The second-order valence-electron chi connectivity index (χ2n) is 4.84. The van der Waals surface area contributed by atoms with E-state index in [0.29, 0.717) is 10.6 Å². The lowest BCUT2D eigenvalue weighted by molar-refractivity contribution is 0.0943. The van der Waals surface area contributed by atoms with Crippen LogP contribution < -0.4 is 5.32 Å². The van der Waals surface area contributed by atoms with Gasteiger partial charge < -0.3 is 5.32 Å². The number of carbonyl (C=O) groups excluding carboxylic acids is 1. The Morgan fingerprint density at radius 1 is 0.955 bits per heavy atom. The molecule has 0 aliphatic heterocycles. The summed E-state index contributed by atoms with van der Waals surface area (Å²) < 4.78 is 0. The number of benzene rings is 2. The van der Waals surface area contributed by atoms with Crippen LogP contribution in [-0.4, -0.2) is 5.91 Å². The molecule has 2 nitrogen and oxygen atoms in total. The summed E-state index contributed by atoms with van der Waals surface area (Å²) in [6.45, 7) is 0. The van der Waals surface area contributed by atoms with Gasteiger partial charge in [0.15, 0.2) is 0 Å². The summed E-state index contributed by atoms with van der Waals surface area (Å²) in [5.41, 5.74) is 1.66. The van der Waals surface area contributed by atoms with Gasteiger partial charge in [0.25, 0.3) is 5.91 Å². The molecule has 4 heteroatoms. The van der Waals surface area contributed by atoms with Crippen LogP contribution in [0.5, 0.6) is 0 Å². The molecule has 0 spiro atoms. The normalized spacial score (nSPS) is 11.9. The fourth-order valence-electron chi connectivity index (χ4n) is 2.24. The summed E-state index contributed by atoms with van der Waals surface area (Å²) in [7, 11) is 0. The van der Waals surface area contributed by atoms with Crippen LogP contribution in [0.4, 0.5) is 0 Å². The Kier molecular flexibility index (Phi) is 4.56. The number of hydrogen-bond donors (Lipinski definition) is 1. The fourth-order valence-corrected chi connectivity index (χ4v) is 3.16. The van der Waals surface area contributed by atoms with E-state index >= 15 is 0 Å². The maximum Gasteiger partial charge on any atom is 0.252 e. The summed E-state index contributed by atoms with van der Waals surface area (Å²) in [4.78, 5) is 13.6. The highest BCUT2D eigenvalue weighted by Gasteiger charge is 2.18. The van der Waals surface area contributed by atoms with E-state index in [4.69, 9.17) is 11.6 Å². The first-order valence-corrected chi connectivity index (χ1v) is 8.14. The Morgan fingerprint density at radius 2 is 1.68 bits per heavy atom. The van der Waals surface area contributed by atoms with Gasteiger partial charge in [-0.2, -0.15) is 0 Å².